The van der Waals surface area contributed by atoms with Crippen molar-refractivity contribution in [3.63, 3.8) is 0 Å². The predicted octanol–water partition coefficient (Wildman–Crippen LogP) is 1.10. The van der Waals surface area contributed by atoms with Crippen LogP contribution in [0.25, 0.3) is 0 Å². The number of para-hydroxylation sites is 1. The minimum atomic E-state index is -0.539. The molecule has 1 aliphatic rings. The summed E-state index contributed by atoms with van der Waals surface area (Å²) >= 11 is 0. The summed E-state index contributed by atoms with van der Waals surface area (Å²) in [6, 6.07) is 9.06. The number of rotatable bonds is 3. The Morgan fingerprint density at radius 2 is 1.76 bits per heavy atom. The number of anilines is 1. The predicted molar refractivity (Wildman–Crippen MR) is 127 cm³/mol. The first-order valence-electron chi connectivity index (χ1n) is 11.4. The van der Waals surface area contributed by atoms with E-state index in [1.807, 2.05) is 43.0 Å². The highest BCUT2D eigenvalue weighted by molar-refractivity contribution is 5.94. The van der Waals surface area contributed by atoms with Gasteiger partial charge in [-0.05, 0) is 24.0 Å². The van der Waals surface area contributed by atoms with Gasteiger partial charge in [0, 0.05) is 65.0 Å². The molecule has 0 saturated carbocycles. The number of nitrogens with zero attached hydrogens (tertiary/aromatic N) is 4. The van der Waals surface area contributed by atoms with E-state index in [-0.39, 0.29) is 23.4 Å². The van der Waals surface area contributed by atoms with Gasteiger partial charge in [-0.2, -0.15) is 0 Å². The smallest absolute Gasteiger partial charge is 0.331 e. The van der Waals surface area contributed by atoms with E-state index in [0.717, 1.165) is 15.8 Å². The number of amides is 2. The molecule has 3 rings (SSSR count). The molecule has 1 aromatic heterocycles. The van der Waals surface area contributed by atoms with Gasteiger partial charge in [0.2, 0.25) is 5.91 Å². The summed E-state index contributed by atoms with van der Waals surface area (Å²) in [6.07, 6.45) is 1.02. The molecule has 0 atom stereocenters. The zero-order valence-electron chi connectivity index (χ0n) is 19.8. The molecule has 2 amide bonds. The number of hydrogen-bond donors (Lipinski definition) is 1. The van der Waals surface area contributed by atoms with E-state index in [2.05, 4.69) is 5.32 Å². The summed E-state index contributed by atoms with van der Waals surface area (Å²) in [6.45, 7) is 6.44. The lowest BCUT2D eigenvalue weighted by molar-refractivity contribution is -0.119. The Morgan fingerprint density at radius 3 is 2.48 bits per heavy atom. The van der Waals surface area contributed by atoms with Crippen LogP contribution in [0.5, 0.6) is 0 Å². The van der Waals surface area contributed by atoms with Crippen LogP contribution in [0.4, 0.5) is 5.69 Å². The molecule has 9 nitrogen and oxygen atoms in total. The van der Waals surface area contributed by atoms with Crippen LogP contribution >= 0.6 is 0 Å². The van der Waals surface area contributed by atoms with Crippen LogP contribution < -0.4 is 21.5 Å². The summed E-state index contributed by atoms with van der Waals surface area (Å²) in [5.74, 6) is -0.0736. The van der Waals surface area contributed by atoms with E-state index in [0.29, 0.717) is 45.6 Å². The van der Waals surface area contributed by atoms with Gasteiger partial charge in [-0.3, -0.25) is 23.5 Å². The summed E-state index contributed by atoms with van der Waals surface area (Å²) in [7, 11) is 2.87. The standard InChI is InChI=1S/C24H33N5O4/c1-17(2)14-22(31)29-12-7-11-28(13-10-25-16-18-8-5-6-9-19(18)29)23(32)20-15-21(30)27(4)24(33)26(20)3/h5-6,8-9,15,17,25H,7,10-14,16H2,1-4H3. The van der Waals surface area contributed by atoms with Crippen LogP contribution in [-0.4, -0.2) is 52.0 Å². The number of benzene rings is 1. The Hall–Kier alpha value is -3.20. The minimum absolute atomic E-state index is 0.0588. The lowest BCUT2D eigenvalue weighted by Gasteiger charge is -2.27. The summed E-state index contributed by atoms with van der Waals surface area (Å²) in [5.41, 5.74) is 0.933. The van der Waals surface area contributed by atoms with Crippen LogP contribution in [-0.2, 0) is 25.4 Å². The first-order valence-corrected chi connectivity index (χ1v) is 11.4. The summed E-state index contributed by atoms with van der Waals surface area (Å²) in [4.78, 5) is 54.2. The third kappa shape index (κ3) is 5.60. The molecule has 2 aromatic rings. The second-order valence-electron chi connectivity index (χ2n) is 8.86. The fourth-order valence-electron chi connectivity index (χ4n) is 4.03. The molecule has 0 unspecified atom stereocenters. The monoisotopic (exact) mass is 455 g/mol. The number of fused-ring (bicyclic) bond motifs is 1. The summed E-state index contributed by atoms with van der Waals surface area (Å²) in [5, 5.41) is 3.36. The Kier molecular flexibility index (Phi) is 7.86. The average Bonchev–Trinajstić information content (AvgIpc) is 2.82. The van der Waals surface area contributed by atoms with Crippen molar-refractivity contribution in [3.8, 4) is 0 Å². The first-order chi connectivity index (χ1) is 15.7. The van der Waals surface area contributed by atoms with Gasteiger partial charge in [0.15, 0.2) is 0 Å². The van der Waals surface area contributed by atoms with Gasteiger partial charge < -0.3 is 15.1 Å². The highest BCUT2D eigenvalue weighted by Crippen LogP contribution is 2.23. The van der Waals surface area contributed by atoms with Gasteiger partial charge in [0.05, 0.1) is 0 Å². The molecule has 0 saturated heterocycles. The van der Waals surface area contributed by atoms with E-state index in [1.54, 1.807) is 4.90 Å². The van der Waals surface area contributed by atoms with E-state index in [4.69, 9.17) is 0 Å². The lowest BCUT2D eigenvalue weighted by atomic mass is 10.1. The molecule has 2 heterocycles. The molecule has 0 spiro atoms. The Labute approximate surface area is 193 Å². The topological polar surface area (TPSA) is 96.7 Å². The number of carbonyl (C=O) groups excluding carboxylic acids is 2. The molecule has 0 bridgehead atoms. The van der Waals surface area contributed by atoms with Crippen LogP contribution in [0.15, 0.2) is 39.9 Å². The van der Waals surface area contributed by atoms with Gasteiger partial charge in [0.1, 0.15) is 5.69 Å². The Balaban J connectivity index is 1.88. The van der Waals surface area contributed by atoms with Crippen molar-refractivity contribution in [1.82, 2.24) is 19.4 Å². The van der Waals surface area contributed by atoms with Gasteiger partial charge in [-0.15, -0.1) is 0 Å². The normalized spacial score (nSPS) is 15.2. The molecule has 9 heteroatoms. The minimum Gasteiger partial charge on any atom is -0.336 e. The second-order valence-corrected chi connectivity index (χ2v) is 8.86. The zero-order chi connectivity index (χ0) is 24.1. The molecule has 1 N–H and O–H groups in total. The largest absolute Gasteiger partial charge is 0.336 e. The Bertz CT molecular complexity index is 1130. The van der Waals surface area contributed by atoms with Gasteiger partial charge in [0.25, 0.3) is 11.5 Å². The highest BCUT2D eigenvalue weighted by atomic mass is 16.2. The first kappa shape index (κ1) is 24.4. The molecule has 1 aromatic carbocycles. The molecular weight excluding hydrogens is 422 g/mol. The fraction of sp³-hybridized carbons (Fsp3) is 0.500. The van der Waals surface area contributed by atoms with Crippen LogP contribution in [0.3, 0.4) is 0 Å². The van der Waals surface area contributed by atoms with Crippen molar-refractivity contribution in [1.29, 1.82) is 0 Å². The second kappa shape index (κ2) is 10.6. The molecule has 0 radical (unpaired) electrons. The summed E-state index contributed by atoms with van der Waals surface area (Å²) < 4.78 is 2.18. The molecule has 1 aliphatic heterocycles. The maximum atomic E-state index is 13.3. The number of carbonyl (C=O) groups is 2. The molecule has 0 aliphatic carbocycles. The SMILES string of the molecule is CC(C)CC(=O)N1CCCN(C(=O)c2cc(=O)n(C)c(=O)n2C)CCNCc2ccccc21. The highest BCUT2D eigenvalue weighted by Gasteiger charge is 2.23. The van der Waals surface area contributed by atoms with Crippen molar-refractivity contribution >= 4 is 17.5 Å². The Morgan fingerprint density at radius 1 is 1.03 bits per heavy atom. The number of aromatic nitrogens is 2. The van der Waals surface area contributed by atoms with E-state index >= 15 is 0 Å². The van der Waals surface area contributed by atoms with Crippen molar-refractivity contribution in [2.24, 2.45) is 20.0 Å². The number of hydrogen-bond acceptors (Lipinski definition) is 5. The van der Waals surface area contributed by atoms with E-state index in [9.17, 15) is 19.2 Å². The molecule has 33 heavy (non-hydrogen) atoms. The van der Waals surface area contributed by atoms with Crippen LogP contribution in [0.1, 0.15) is 42.7 Å². The fourth-order valence-corrected chi connectivity index (χ4v) is 4.03. The van der Waals surface area contributed by atoms with Gasteiger partial charge in [-0.1, -0.05) is 32.0 Å². The average molecular weight is 456 g/mol. The zero-order valence-corrected chi connectivity index (χ0v) is 19.8. The maximum Gasteiger partial charge on any atom is 0.331 e. The maximum absolute atomic E-state index is 13.3. The van der Waals surface area contributed by atoms with E-state index in [1.165, 1.54) is 24.7 Å². The van der Waals surface area contributed by atoms with Crippen molar-refractivity contribution in [3.05, 3.63) is 62.4 Å². The van der Waals surface area contributed by atoms with Crippen LogP contribution in [0.2, 0.25) is 0 Å². The van der Waals surface area contributed by atoms with E-state index < -0.39 is 11.2 Å². The van der Waals surface area contributed by atoms with Crippen molar-refractivity contribution < 1.29 is 9.59 Å². The third-order valence-electron chi connectivity index (χ3n) is 5.88. The lowest BCUT2D eigenvalue weighted by Crippen LogP contribution is -2.44. The van der Waals surface area contributed by atoms with Gasteiger partial charge >= 0.3 is 5.69 Å². The third-order valence-corrected chi connectivity index (χ3v) is 5.88. The van der Waals surface area contributed by atoms with Crippen molar-refractivity contribution in [2.45, 2.75) is 33.2 Å². The van der Waals surface area contributed by atoms with Gasteiger partial charge in [-0.25, -0.2) is 4.79 Å². The van der Waals surface area contributed by atoms with Crippen molar-refractivity contribution in [2.75, 3.05) is 31.1 Å². The molecule has 178 valence electrons. The van der Waals surface area contributed by atoms with Crippen LogP contribution in [0, 0.1) is 5.92 Å². The number of nitrogens with one attached hydrogen (secondary N) is 1. The molecular formula is C24H33N5O4. The quantitative estimate of drug-likeness (QED) is 0.748. The molecule has 0 fully saturated rings.